The monoisotopic (exact) mass is 514 g/mol. The van der Waals surface area contributed by atoms with E-state index in [1.54, 1.807) is 56.2 Å². The van der Waals surface area contributed by atoms with Crippen LogP contribution in [0.4, 0.5) is 5.69 Å². The summed E-state index contributed by atoms with van der Waals surface area (Å²) >= 11 is 6.50. The average molecular weight is 515 g/mol. The number of hydrogen-bond donors (Lipinski definition) is 1. The summed E-state index contributed by atoms with van der Waals surface area (Å²) < 4.78 is 14.4. The number of fused-ring (bicyclic) bond motifs is 1. The van der Waals surface area contributed by atoms with Gasteiger partial charge in [0.25, 0.3) is 11.5 Å². The van der Waals surface area contributed by atoms with Crippen LogP contribution in [0.5, 0.6) is 17.2 Å². The molecule has 0 spiro atoms. The molecule has 186 valence electrons. The van der Waals surface area contributed by atoms with Gasteiger partial charge in [-0.2, -0.15) is 0 Å². The number of nitrogens with one attached hydrogen (secondary N) is 1. The number of carbonyl (C=O) groups is 1. The summed E-state index contributed by atoms with van der Waals surface area (Å²) in [5, 5.41) is 3.87. The van der Waals surface area contributed by atoms with Gasteiger partial charge in [-0.25, -0.2) is 4.68 Å². The average Bonchev–Trinajstić information content (AvgIpc) is 3.13. The number of carbonyl (C=O) groups excluding carboxylic acids is 1. The number of ether oxygens (including phenoxy) is 2. The fourth-order valence-corrected chi connectivity index (χ4v) is 4.34. The van der Waals surface area contributed by atoms with Crippen LogP contribution in [0.2, 0.25) is 5.02 Å². The second-order valence-corrected chi connectivity index (χ2v) is 8.74. The van der Waals surface area contributed by atoms with Gasteiger partial charge >= 0.3 is 0 Å². The molecule has 0 aliphatic carbocycles. The zero-order valence-corrected chi connectivity index (χ0v) is 21.1. The first-order chi connectivity index (χ1) is 17.9. The van der Waals surface area contributed by atoms with E-state index in [0.29, 0.717) is 39.3 Å². The molecular weight excluding hydrogens is 492 g/mol. The van der Waals surface area contributed by atoms with E-state index in [-0.39, 0.29) is 5.56 Å². The van der Waals surface area contributed by atoms with Crippen molar-refractivity contribution in [2.45, 2.75) is 6.92 Å². The molecule has 5 aromatic rings. The van der Waals surface area contributed by atoms with Gasteiger partial charge in [0.2, 0.25) is 0 Å². The van der Waals surface area contributed by atoms with Crippen LogP contribution in [-0.4, -0.2) is 27.4 Å². The summed E-state index contributed by atoms with van der Waals surface area (Å²) in [4.78, 5) is 30.6. The molecule has 0 aliphatic rings. The van der Waals surface area contributed by atoms with Crippen molar-refractivity contribution >= 4 is 34.1 Å². The van der Waals surface area contributed by atoms with Crippen molar-refractivity contribution < 1.29 is 14.3 Å². The Kier molecular flexibility index (Phi) is 6.42. The normalized spacial score (nSPS) is 10.9. The summed E-state index contributed by atoms with van der Waals surface area (Å²) in [5.41, 5.74) is 2.01. The maximum Gasteiger partial charge on any atom is 0.284 e. The molecule has 0 aliphatic heterocycles. The number of rotatable bonds is 6. The van der Waals surface area contributed by atoms with Gasteiger partial charge in [-0.05, 0) is 55.5 Å². The Morgan fingerprint density at radius 1 is 1.00 bits per heavy atom. The van der Waals surface area contributed by atoms with Crippen LogP contribution in [0.1, 0.15) is 16.1 Å². The van der Waals surface area contributed by atoms with Gasteiger partial charge in [-0.15, -0.1) is 0 Å². The van der Waals surface area contributed by atoms with Gasteiger partial charge in [-0.3, -0.25) is 19.3 Å². The van der Waals surface area contributed by atoms with E-state index in [4.69, 9.17) is 21.1 Å². The van der Waals surface area contributed by atoms with Crippen molar-refractivity contribution in [2.75, 3.05) is 12.4 Å². The number of anilines is 1. The molecule has 8 nitrogen and oxygen atoms in total. The van der Waals surface area contributed by atoms with Crippen LogP contribution >= 0.6 is 11.6 Å². The first kappa shape index (κ1) is 24.1. The Bertz CT molecular complexity index is 1690. The third-order valence-corrected chi connectivity index (χ3v) is 6.40. The van der Waals surface area contributed by atoms with Gasteiger partial charge in [-0.1, -0.05) is 29.8 Å². The van der Waals surface area contributed by atoms with Gasteiger partial charge < -0.3 is 14.8 Å². The molecule has 1 N–H and O–H groups in total. The van der Waals surface area contributed by atoms with Crippen molar-refractivity contribution in [2.24, 2.45) is 7.05 Å². The highest BCUT2D eigenvalue weighted by Crippen LogP contribution is 2.35. The van der Waals surface area contributed by atoms with Crippen LogP contribution in [0.25, 0.3) is 16.6 Å². The topological polar surface area (TPSA) is 87.4 Å². The molecule has 3 aromatic carbocycles. The predicted molar refractivity (Wildman–Crippen MR) is 144 cm³/mol. The van der Waals surface area contributed by atoms with Gasteiger partial charge in [0.1, 0.15) is 22.8 Å². The van der Waals surface area contributed by atoms with Crippen LogP contribution in [0, 0.1) is 6.92 Å². The molecule has 0 fully saturated rings. The molecule has 1 amide bonds. The minimum Gasteiger partial charge on any atom is -0.497 e. The lowest BCUT2D eigenvalue weighted by Gasteiger charge is -2.12. The molecule has 37 heavy (non-hydrogen) atoms. The molecule has 0 atom stereocenters. The standard InChI is InChI=1S/C28H23ClN4O4/c1-17-26(28(35)33(32(17)2)19-7-5-4-6-8-19)27(34)31-18-9-12-25(22(29)15-18)37-24-13-14-30-23-16-20(36-3)10-11-21(23)24/h4-16H,1-3H3,(H,31,34). The zero-order chi connectivity index (χ0) is 26.1. The second kappa shape index (κ2) is 9.83. The third kappa shape index (κ3) is 4.54. The van der Waals surface area contributed by atoms with E-state index in [2.05, 4.69) is 10.3 Å². The lowest BCUT2D eigenvalue weighted by Crippen LogP contribution is -2.25. The first-order valence-corrected chi connectivity index (χ1v) is 11.8. The Balaban J connectivity index is 1.39. The van der Waals surface area contributed by atoms with Gasteiger partial charge in [0, 0.05) is 30.4 Å². The SMILES string of the molecule is COc1ccc2c(Oc3ccc(NC(=O)c4c(C)n(C)n(-c5ccccc5)c4=O)cc3Cl)ccnc2c1. The highest BCUT2D eigenvalue weighted by molar-refractivity contribution is 6.32. The number of methoxy groups -OCH3 is 1. The molecule has 0 unspecified atom stereocenters. The van der Waals surface area contributed by atoms with E-state index >= 15 is 0 Å². The summed E-state index contributed by atoms with van der Waals surface area (Å²) in [7, 11) is 3.34. The van der Waals surface area contributed by atoms with Crippen LogP contribution in [0.15, 0.2) is 83.8 Å². The minimum atomic E-state index is -0.522. The lowest BCUT2D eigenvalue weighted by molar-refractivity contribution is 0.102. The summed E-state index contributed by atoms with van der Waals surface area (Å²) in [6.07, 6.45) is 1.64. The molecule has 2 aromatic heterocycles. The lowest BCUT2D eigenvalue weighted by atomic mass is 10.2. The Morgan fingerprint density at radius 3 is 2.51 bits per heavy atom. The Hall–Kier alpha value is -4.56. The number of halogens is 1. The summed E-state index contributed by atoms with van der Waals surface area (Å²) in [6, 6.07) is 21.3. The fourth-order valence-electron chi connectivity index (χ4n) is 4.12. The zero-order valence-electron chi connectivity index (χ0n) is 20.4. The highest BCUT2D eigenvalue weighted by atomic mass is 35.5. The van der Waals surface area contributed by atoms with E-state index < -0.39 is 11.5 Å². The predicted octanol–water partition coefficient (Wildman–Crippen LogP) is 5.74. The summed E-state index contributed by atoms with van der Waals surface area (Å²) in [6.45, 7) is 1.73. The molecule has 2 heterocycles. The molecule has 0 radical (unpaired) electrons. The number of nitrogens with zero attached hydrogens (tertiary/aromatic N) is 3. The van der Waals surface area contributed by atoms with Crippen molar-refractivity contribution in [1.29, 1.82) is 0 Å². The van der Waals surface area contributed by atoms with Crippen LogP contribution < -0.4 is 20.3 Å². The van der Waals surface area contributed by atoms with E-state index in [1.165, 1.54) is 4.68 Å². The molecule has 0 saturated heterocycles. The molecule has 5 rings (SSSR count). The smallest absolute Gasteiger partial charge is 0.284 e. The molecule has 0 saturated carbocycles. The quantitative estimate of drug-likeness (QED) is 0.312. The van der Waals surface area contributed by atoms with E-state index in [9.17, 15) is 9.59 Å². The maximum absolute atomic E-state index is 13.1. The van der Waals surface area contributed by atoms with Crippen molar-refractivity contribution in [3.8, 4) is 22.9 Å². The minimum absolute atomic E-state index is 0.0569. The van der Waals surface area contributed by atoms with E-state index in [1.807, 2.05) is 48.5 Å². The summed E-state index contributed by atoms with van der Waals surface area (Å²) in [5.74, 6) is 1.16. The number of hydrogen-bond acceptors (Lipinski definition) is 5. The molecule has 9 heteroatoms. The number of amides is 1. The first-order valence-electron chi connectivity index (χ1n) is 11.4. The van der Waals surface area contributed by atoms with Crippen molar-refractivity contribution in [1.82, 2.24) is 14.3 Å². The Labute approximate surface area is 217 Å². The van der Waals surface area contributed by atoms with Crippen LogP contribution in [0.3, 0.4) is 0 Å². The number of pyridine rings is 1. The third-order valence-electron chi connectivity index (χ3n) is 6.10. The highest BCUT2D eigenvalue weighted by Gasteiger charge is 2.22. The second-order valence-electron chi connectivity index (χ2n) is 8.33. The number of para-hydroxylation sites is 1. The van der Waals surface area contributed by atoms with Crippen LogP contribution in [-0.2, 0) is 7.05 Å². The fraction of sp³-hybridized carbons (Fsp3) is 0.107. The van der Waals surface area contributed by atoms with Gasteiger partial charge in [0.05, 0.1) is 29.0 Å². The number of benzene rings is 3. The maximum atomic E-state index is 13.1. The van der Waals surface area contributed by atoms with Crippen molar-refractivity contribution in [3.05, 3.63) is 106 Å². The van der Waals surface area contributed by atoms with E-state index in [0.717, 1.165) is 10.9 Å². The molecular formula is C28H23ClN4O4. The molecule has 0 bridgehead atoms. The largest absolute Gasteiger partial charge is 0.497 e. The van der Waals surface area contributed by atoms with Crippen molar-refractivity contribution in [3.63, 3.8) is 0 Å². The van der Waals surface area contributed by atoms with Gasteiger partial charge in [0.15, 0.2) is 0 Å². The Morgan fingerprint density at radius 2 is 1.78 bits per heavy atom. The number of aromatic nitrogens is 3.